The van der Waals surface area contributed by atoms with Gasteiger partial charge < -0.3 is 10.1 Å². The third kappa shape index (κ3) is 4.90. The number of benzene rings is 1. The first-order valence-corrected chi connectivity index (χ1v) is 9.04. The number of sulfonamides is 1. The summed E-state index contributed by atoms with van der Waals surface area (Å²) in [6.45, 7) is 5.04. The number of carbonyl (C=O) groups is 2. The Morgan fingerprint density at radius 1 is 1.33 bits per heavy atom. The Bertz CT molecular complexity index is 723. The van der Waals surface area contributed by atoms with E-state index < -0.39 is 22.1 Å². The van der Waals surface area contributed by atoms with Crippen LogP contribution >= 0.6 is 0 Å². The predicted molar refractivity (Wildman–Crippen MR) is 87.9 cm³/mol. The summed E-state index contributed by atoms with van der Waals surface area (Å²) < 4.78 is 31.3. The first-order valence-electron chi connectivity index (χ1n) is 7.55. The summed E-state index contributed by atoms with van der Waals surface area (Å²) in [5.41, 5.74) is 0.170. The van der Waals surface area contributed by atoms with Crippen LogP contribution in [0.1, 0.15) is 30.1 Å². The molecule has 0 bridgehead atoms. The highest BCUT2D eigenvalue weighted by Gasteiger charge is 2.27. The van der Waals surface area contributed by atoms with Crippen LogP contribution in [0.15, 0.2) is 41.8 Å². The second kappa shape index (κ2) is 7.59. The molecular formula is C16H20N2O5S. The van der Waals surface area contributed by atoms with Crippen molar-refractivity contribution in [3.8, 4) is 0 Å². The van der Waals surface area contributed by atoms with Crippen LogP contribution < -0.4 is 10.0 Å². The Balaban J connectivity index is 1.97. The average molecular weight is 352 g/mol. The summed E-state index contributed by atoms with van der Waals surface area (Å²) in [6.07, 6.45) is 2.41. The molecule has 8 heteroatoms. The number of hydrogen-bond acceptors (Lipinski definition) is 5. The predicted octanol–water partition coefficient (Wildman–Crippen LogP) is 0.975. The molecule has 0 heterocycles. The number of carbonyl (C=O) groups excluding carboxylic acids is 2. The molecule has 0 saturated heterocycles. The number of nitrogens with one attached hydrogen (secondary N) is 2. The lowest BCUT2D eigenvalue weighted by Crippen LogP contribution is -2.37. The van der Waals surface area contributed by atoms with Gasteiger partial charge in [-0.1, -0.05) is 6.08 Å². The van der Waals surface area contributed by atoms with E-state index in [0.29, 0.717) is 0 Å². The molecule has 0 aliphatic heterocycles. The zero-order valence-electron chi connectivity index (χ0n) is 13.3. The van der Waals surface area contributed by atoms with Crippen LogP contribution in [0, 0.1) is 0 Å². The lowest BCUT2D eigenvalue weighted by atomic mass is 10.2. The number of ether oxygens (including phenoxy) is 1. The summed E-state index contributed by atoms with van der Waals surface area (Å²) in [6, 6.07) is 5.48. The largest absolute Gasteiger partial charge is 0.449 e. The van der Waals surface area contributed by atoms with Crippen molar-refractivity contribution in [3.63, 3.8) is 0 Å². The Morgan fingerprint density at radius 2 is 1.96 bits per heavy atom. The molecule has 1 aromatic rings. The van der Waals surface area contributed by atoms with E-state index in [1.165, 1.54) is 37.3 Å². The summed E-state index contributed by atoms with van der Waals surface area (Å²) in [4.78, 5) is 23.8. The quantitative estimate of drug-likeness (QED) is 0.536. The molecule has 1 saturated carbocycles. The molecule has 7 nitrogen and oxygen atoms in total. The van der Waals surface area contributed by atoms with E-state index in [-0.39, 0.29) is 29.0 Å². The molecule has 0 unspecified atom stereocenters. The molecule has 1 amide bonds. The Labute approximate surface area is 141 Å². The number of amides is 1. The summed E-state index contributed by atoms with van der Waals surface area (Å²) in [7, 11) is -3.65. The molecule has 1 aliphatic carbocycles. The number of rotatable bonds is 8. The fourth-order valence-corrected chi connectivity index (χ4v) is 2.85. The maximum absolute atomic E-state index is 12.0. The molecule has 24 heavy (non-hydrogen) atoms. The van der Waals surface area contributed by atoms with Crippen LogP contribution in [-0.4, -0.2) is 39.0 Å². The highest BCUT2D eigenvalue weighted by molar-refractivity contribution is 7.89. The van der Waals surface area contributed by atoms with Gasteiger partial charge in [-0.2, -0.15) is 0 Å². The minimum atomic E-state index is -3.65. The highest BCUT2D eigenvalue weighted by atomic mass is 32.2. The monoisotopic (exact) mass is 352 g/mol. The van der Waals surface area contributed by atoms with Gasteiger partial charge in [0.2, 0.25) is 10.0 Å². The summed E-state index contributed by atoms with van der Waals surface area (Å²) >= 11 is 0. The molecule has 0 radical (unpaired) electrons. The third-order valence-corrected chi connectivity index (χ3v) is 4.83. The van der Waals surface area contributed by atoms with Gasteiger partial charge in [-0.3, -0.25) is 4.79 Å². The number of esters is 1. The summed E-state index contributed by atoms with van der Waals surface area (Å²) in [5, 5.41) is 2.75. The molecule has 1 fully saturated rings. The Kier molecular flexibility index (Phi) is 5.74. The van der Waals surface area contributed by atoms with Crippen molar-refractivity contribution < 1.29 is 22.7 Å². The molecule has 1 atom stereocenters. The van der Waals surface area contributed by atoms with Crippen molar-refractivity contribution in [1.29, 1.82) is 0 Å². The zero-order valence-corrected chi connectivity index (χ0v) is 14.1. The molecule has 2 N–H and O–H groups in total. The smallest absolute Gasteiger partial charge is 0.338 e. The lowest BCUT2D eigenvalue weighted by molar-refractivity contribution is -0.129. The Morgan fingerprint density at radius 3 is 2.50 bits per heavy atom. The molecule has 1 aliphatic rings. The van der Waals surface area contributed by atoms with Gasteiger partial charge >= 0.3 is 5.97 Å². The topological polar surface area (TPSA) is 102 Å². The fourth-order valence-electron chi connectivity index (χ4n) is 1.85. The first kappa shape index (κ1) is 18.2. The Hall–Kier alpha value is -2.19. The van der Waals surface area contributed by atoms with Crippen LogP contribution in [0.3, 0.4) is 0 Å². The van der Waals surface area contributed by atoms with Gasteiger partial charge in [-0.15, -0.1) is 6.58 Å². The normalized spacial score (nSPS) is 15.4. The fraction of sp³-hybridized carbons (Fsp3) is 0.375. The number of hydrogen-bond donors (Lipinski definition) is 2. The SMILES string of the molecule is C=CCNS(=O)(=O)c1ccc(C(=O)O[C@H](C)C(=O)NC2CC2)cc1. The van der Waals surface area contributed by atoms with Crippen LogP contribution in [0.25, 0.3) is 0 Å². The van der Waals surface area contributed by atoms with Crippen molar-refractivity contribution in [1.82, 2.24) is 10.0 Å². The molecular weight excluding hydrogens is 332 g/mol. The highest BCUT2D eigenvalue weighted by Crippen LogP contribution is 2.19. The molecule has 0 spiro atoms. The maximum atomic E-state index is 12.0. The van der Waals surface area contributed by atoms with Crippen LogP contribution in [0.5, 0.6) is 0 Å². The van der Waals surface area contributed by atoms with E-state index in [9.17, 15) is 18.0 Å². The van der Waals surface area contributed by atoms with Crippen LogP contribution in [-0.2, 0) is 19.6 Å². The van der Waals surface area contributed by atoms with Gasteiger partial charge in [-0.05, 0) is 44.0 Å². The maximum Gasteiger partial charge on any atom is 0.338 e. The molecule has 130 valence electrons. The van der Waals surface area contributed by atoms with Gasteiger partial charge in [0.25, 0.3) is 5.91 Å². The van der Waals surface area contributed by atoms with Crippen LogP contribution in [0.4, 0.5) is 0 Å². The standard InChI is InChI=1S/C16H20N2O5S/c1-3-10-17-24(21,22)14-8-4-12(5-9-14)16(20)23-11(2)15(19)18-13-6-7-13/h3-5,8-9,11,13,17H,1,6-7,10H2,2H3,(H,18,19)/t11-/m1/s1. The van der Waals surface area contributed by atoms with Crippen molar-refractivity contribution in [2.45, 2.75) is 36.8 Å². The van der Waals surface area contributed by atoms with Gasteiger partial charge in [0.1, 0.15) is 0 Å². The minimum absolute atomic E-state index is 0.0282. The van der Waals surface area contributed by atoms with E-state index in [1.54, 1.807) is 0 Å². The molecule has 2 rings (SSSR count). The second-order valence-corrected chi connectivity index (χ2v) is 7.26. The van der Waals surface area contributed by atoms with Gasteiger partial charge in [0, 0.05) is 12.6 Å². The lowest BCUT2D eigenvalue weighted by Gasteiger charge is -2.13. The van der Waals surface area contributed by atoms with Gasteiger partial charge in [-0.25, -0.2) is 17.9 Å². The second-order valence-electron chi connectivity index (χ2n) is 5.50. The van der Waals surface area contributed by atoms with Crippen molar-refractivity contribution in [3.05, 3.63) is 42.5 Å². The molecule has 1 aromatic carbocycles. The van der Waals surface area contributed by atoms with Crippen molar-refractivity contribution in [2.75, 3.05) is 6.54 Å². The van der Waals surface area contributed by atoms with E-state index in [2.05, 4.69) is 16.6 Å². The third-order valence-electron chi connectivity index (χ3n) is 3.39. The minimum Gasteiger partial charge on any atom is -0.449 e. The van der Waals surface area contributed by atoms with Crippen molar-refractivity contribution >= 4 is 21.9 Å². The van der Waals surface area contributed by atoms with Gasteiger partial charge in [0.05, 0.1) is 10.5 Å². The average Bonchev–Trinajstić information content (AvgIpc) is 3.37. The van der Waals surface area contributed by atoms with E-state index >= 15 is 0 Å². The first-order chi connectivity index (χ1) is 11.3. The molecule has 0 aromatic heterocycles. The van der Waals surface area contributed by atoms with E-state index in [4.69, 9.17) is 4.74 Å². The van der Waals surface area contributed by atoms with Gasteiger partial charge in [0.15, 0.2) is 6.10 Å². The van der Waals surface area contributed by atoms with E-state index in [1.807, 2.05) is 0 Å². The van der Waals surface area contributed by atoms with Crippen molar-refractivity contribution in [2.24, 2.45) is 0 Å². The van der Waals surface area contributed by atoms with Crippen LogP contribution in [0.2, 0.25) is 0 Å². The zero-order chi connectivity index (χ0) is 17.7. The van der Waals surface area contributed by atoms with E-state index in [0.717, 1.165) is 12.8 Å². The summed E-state index contributed by atoms with van der Waals surface area (Å²) in [5.74, 6) is -1.02.